The van der Waals surface area contributed by atoms with Gasteiger partial charge in [0, 0.05) is 35.2 Å². The molecular formula is C18H15N3O4. The van der Waals surface area contributed by atoms with Crippen LogP contribution in [-0.4, -0.2) is 27.0 Å². The number of aromatic amines is 1. The summed E-state index contributed by atoms with van der Waals surface area (Å²) in [5, 5.41) is 24.7. The van der Waals surface area contributed by atoms with Gasteiger partial charge >= 0.3 is 5.97 Å². The van der Waals surface area contributed by atoms with E-state index >= 15 is 0 Å². The molecular weight excluding hydrogens is 322 g/mol. The van der Waals surface area contributed by atoms with Crippen molar-refractivity contribution in [2.24, 2.45) is 0 Å². The minimum Gasteiger partial charge on any atom is -0.480 e. The number of carboxylic acids is 1. The van der Waals surface area contributed by atoms with Crippen LogP contribution in [0.2, 0.25) is 0 Å². The molecule has 3 aromatic rings. The molecule has 0 saturated carbocycles. The maximum atomic E-state index is 11.6. The van der Waals surface area contributed by atoms with Crippen molar-refractivity contribution in [2.45, 2.75) is 18.5 Å². The molecule has 0 spiro atoms. The smallest absolute Gasteiger partial charge is 0.321 e. The van der Waals surface area contributed by atoms with E-state index in [-0.39, 0.29) is 5.69 Å². The Balaban J connectivity index is 1.89. The number of nitrogens with zero attached hydrogens (tertiary/aromatic N) is 1. The van der Waals surface area contributed by atoms with Crippen LogP contribution < -0.4 is 5.32 Å². The number of hydrogen-bond donors (Lipinski definition) is 3. The van der Waals surface area contributed by atoms with Crippen molar-refractivity contribution < 1.29 is 14.8 Å². The van der Waals surface area contributed by atoms with Gasteiger partial charge < -0.3 is 10.1 Å². The zero-order valence-corrected chi connectivity index (χ0v) is 13.1. The molecule has 1 aromatic heterocycles. The van der Waals surface area contributed by atoms with E-state index in [0.29, 0.717) is 12.0 Å². The molecule has 0 unspecified atom stereocenters. The normalized spacial score (nSPS) is 19.5. The highest BCUT2D eigenvalue weighted by Gasteiger charge is 2.34. The van der Waals surface area contributed by atoms with Crippen LogP contribution in [0.5, 0.6) is 0 Å². The van der Waals surface area contributed by atoms with E-state index in [2.05, 4.69) is 10.3 Å². The lowest BCUT2D eigenvalue weighted by molar-refractivity contribution is -0.384. The monoisotopic (exact) mass is 337 g/mol. The number of aliphatic carboxylic acids is 1. The van der Waals surface area contributed by atoms with E-state index in [1.165, 1.54) is 12.1 Å². The summed E-state index contributed by atoms with van der Waals surface area (Å²) in [4.78, 5) is 25.6. The largest absolute Gasteiger partial charge is 0.480 e. The number of aromatic nitrogens is 1. The van der Waals surface area contributed by atoms with Crippen molar-refractivity contribution in [3.05, 3.63) is 75.5 Å². The van der Waals surface area contributed by atoms with Crippen molar-refractivity contribution in [1.82, 2.24) is 10.3 Å². The van der Waals surface area contributed by atoms with Crippen LogP contribution in [0.25, 0.3) is 10.9 Å². The first-order valence-corrected chi connectivity index (χ1v) is 7.87. The van der Waals surface area contributed by atoms with Crippen LogP contribution in [-0.2, 0) is 11.2 Å². The van der Waals surface area contributed by atoms with Crippen molar-refractivity contribution in [3.63, 3.8) is 0 Å². The first-order valence-electron chi connectivity index (χ1n) is 7.87. The molecule has 2 atom stereocenters. The number of non-ortho nitro benzene ring substituents is 1. The Kier molecular flexibility index (Phi) is 3.51. The van der Waals surface area contributed by atoms with Crippen LogP contribution in [0.1, 0.15) is 22.9 Å². The molecule has 7 nitrogen and oxygen atoms in total. The Labute approximate surface area is 142 Å². The molecule has 0 fully saturated rings. The third-order valence-electron chi connectivity index (χ3n) is 4.62. The number of fused-ring (bicyclic) bond motifs is 3. The first kappa shape index (κ1) is 15.3. The fourth-order valence-corrected chi connectivity index (χ4v) is 3.47. The second kappa shape index (κ2) is 5.71. The number of nitro benzene ring substituents is 1. The number of benzene rings is 2. The van der Waals surface area contributed by atoms with Gasteiger partial charge in [-0.05, 0) is 17.2 Å². The summed E-state index contributed by atoms with van der Waals surface area (Å²) in [6.07, 6.45) is 0.361. The Hall–Kier alpha value is -3.19. The molecule has 2 heterocycles. The van der Waals surface area contributed by atoms with Crippen molar-refractivity contribution >= 4 is 22.6 Å². The quantitative estimate of drug-likeness (QED) is 0.503. The minimum atomic E-state index is -0.939. The highest BCUT2D eigenvalue weighted by atomic mass is 16.6. The summed E-state index contributed by atoms with van der Waals surface area (Å²) in [5.74, 6) is -0.939. The molecule has 3 N–H and O–H groups in total. The van der Waals surface area contributed by atoms with Crippen molar-refractivity contribution in [3.8, 4) is 0 Å². The standard InChI is InChI=1S/C18H15N3O4/c22-18(23)15-9-13-12-6-1-2-7-14(12)19-17(13)16(20-15)10-4-3-5-11(8-10)21(24)25/h1-8,15-16,19-20H,9H2,(H,22,23)/t15-,16+/m1/s1. The number of rotatable bonds is 3. The fourth-order valence-electron chi connectivity index (χ4n) is 3.47. The summed E-state index contributed by atoms with van der Waals surface area (Å²) in [6, 6.07) is 12.8. The minimum absolute atomic E-state index is 0.0191. The topological polar surface area (TPSA) is 108 Å². The Bertz CT molecular complexity index is 995. The average molecular weight is 337 g/mol. The number of nitrogens with one attached hydrogen (secondary N) is 2. The molecule has 0 amide bonds. The van der Waals surface area contributed by atoms with Crippen LogP contribution >= 0.6 is 0 Å². The highest BCUT2D eigenvalue weighted by molar-refractivity contribution is 5.87. The van der Waals surface area contributed by atoms with Crippen LogP contribution in [0.15, 0.2) is 48.5 Å². The second-order valence-corrected chi connectivity index (χ2v) is 6.11. The van der Waals surface area contributed by atoms with E-state index in [4.69, 9.17) is 0 Å². The Morgan fingerprint density at radius 1 is 1.20 bits per heavy atom. The van der Waals surface area contributed by atoms with Crippen molar-refractivity contribution in [1.29, 1.82) is 0 Å². The Morgan fingerprint density at radius 3 is 2.76 bits per heavy atom. The molecule has 1 aliphatic heterocycles. The number of para-hydroxylation sites is 1. The van der Waals surface area contributed by atoms with Gasteiger partial charge in [-0.15, -0.1) is 0 Å². The molecule has 0 aliphatic carbocycles. The maximum absolute atomic E-state index is 11.6. The van der Waals surface area contributed by atoms with Crippen LogP contribution in [0.4, 0.5) is 5.69 Å². The van der Waals surface area contributed by atoms with Gasteiger partial charge in [-0.1, -0.05) is 30.3 Å². The van der Waals surface area contributed by atoms with Gasteiger partial charge in [0.05, 0.1) is 11.0 Å². The van der Waals surface area contributed by atoms with Gasteiger partial charge in [-0.2, -0.15) is 0 Å². The van der Waals surface area contributed by atoms with E-state index in [1.807, 2.05) is 24.3 Å². The van der Waals surface area contributed by atoms with Crippen LogP contribution in [0.3, 0.4) is 0 Å². The van der Waals surface area contributed by atoms with Gasteiger partial charge in [0.15, 0.2) is 0 Å². The lowest BCUT2D eigenvalue weighted by atomic mass is 9.90. The number of nitro groups is 1. The molecule has 0 bridgehead atoms. The third-order valence-corrected chi connectivity index (χ3v) is 4.62. The Morgan fingerprint density at radius 2 is 2.00 bits per heavy atom. The molecule has 0 radical (unpaired) electrons. The van der Waals surface area contributed by atoms with E-state index in [0.717, 1.165) is 22.2 Å². The predicted octanol–water partition coefficient (Wildman–Crippen LogP) is 2.76. The number of carbonyl (C=O) groups is 1. The summed E-state index contributed by atoms with van der Waals surface area (Å²) >= 11 is 0. The molecule has 0 saturated heterocycles. The lowest BCUT2D eigenvalue weighted by Gasteiger charge is -2.29. The second-order valence-electron chi connectivity index (χ2n) is 6.11. The number of carboxylic acid groups (broad SMARTS) is 1. The molecule has 1 aliphatic rings. The van der Waals surface area contributed by atoms with Crippen molar-refractivity contribution in [2.75, 3.05) is 0 Å². The van der Waals surface area contributed by atoms with Crippen LogP contribution in [0, 0.1) is 10.1 Å². The highest BCUT2D eigenvalue weighted by Crippen LogP contribution is 2.35. The fraction of sp³-hybridized carbons (Fsp3) is 0.167. The summed E-state index contributed by atoms with van der Waals surface area (Å²) in [6.45, 7) is 0. The van der Waals surface area contributed by atoms with Gasteiger partial charge in [0.25, 0.3) is 5.69 Å². The summed E-state index contributed by atoms with van der Waals surface area (Å²) < 4.78 is 0. The number of H-pyrrole nitrogens is 1. The predicted molar refractivity (Wildman–Crippen MR) is 91.5 cm³/mol. The summed E-state index contributed by atoms with van der Waals surface area (Å²) in [7, 11) is 0. The van der Waals surface area contributed by atoms with Gasteiger partial charge in [0.2, 0.25) is 0 Å². The van der Waals surface area contributed by atoms with Gasteiger partial charge in [0.1, 0.15) is 6.04 Å². The zero-order valence-electron chi connectivity index (χ0n) is 13.1. The molecule has 126 valence electrons. The summed E-state index contributed by atoms with van der Waals surface area (Å²) in [5.41, 5.74) is 3.37. The van der Waals surface area contributed by atoms with E-state index < -0.39 is 23.0 Å². The van der Waals surface area contributed by atoms with Gasteiger partial charge in [-0.25, -0.2) is 0 Å². The number of hydrogen-bond acceptors (Lipinski definition) is 4. The average Bonchev–Trinajstić information content (AvgIpc) is 2.99. The molecule has 25 heavy (non-hydrogen) atoms. The van der Waals surface area contributed by atoms with E-state index in [1.54, 1.807) is 12.1 Å². The maximum Gasteiger partial charge on any atom is 0.321 e. The molecule has 4 rings (SSSR count). The van der Waals surface area contributed by atoms with E-state index in [9.17, 15) is 20.0 Å². The lowest BCUT2D eigenvalue weighted by Crippen LogP contribution is -2.44. The first-order chi connectivity index (χ1) is 12.0. The third kappa shape index (κ3) is 2.54. The SMILES string of the molecule is O=C(O)[C@H]1Cc2c([nH]c3ccccc23)[C@H](c2cccc([N+](=O)[O-])c2)N1. The zero-order chi connectivity index (χ0) is 17.6. The van der Waals surface area contributed by atoms with Gasteiger partial charge in [-0.3, -0.25) is 20.2 Å². The molecule has 2 aromatic carbocycles. The molecule has 7 heteroatoms.